The van der Waals surface area contributed by atoms with E-state index in [1.807, 2.05) is 13.8 Å². The first-order chi connectivity index (χ1) is 8.40. The topological polar surface area (TPSA) is 82.3 Å². The molecule has 0 amide bonds. The first kappa shape index (κ1) is 15.4. The minimum atomic E-state index is -3.57. The Morgan fingerprint density at radius 1 is 1.33 bits per heavy atom. The molecule has 0 aromatic carbocycles. The second kappa shape index (κ2) is 6.46. The summed E-state index contributed by atoms with van der Waals surface area (Å²) in [4.78, 5) is 15.3. The van der Waals surface area contributed by atoms with E-state index in [0.717, 1.165) is 13.1 Å². The van der Waals surface area contributed by atoms with Crippen molar-refractivity contribution in [2.75, 3.05) is 26.2 Å². The zero-order valence-corrected chi connectivity index (χ0v) is 12.4. The molecule has 0 aliphatic carbocycles. The zero-order chi connectivity index (χ0) is 13.8. The van der Waals surface area contributed by atoms with Gasteiger partial charge in [-0.15, -0.1) is 0 Å². The van der Waals surface area contributed by atoms with Crippen molar-refractivity contribution >= 4 is 21.4 Å². The smallest absolute Gasteiger partial charge is 0.305 e. The van der Waals surface area contributed by atoms with Gasteiger partial charge in [-0.2, -0.15) is 0 Å². The van der Waals surface area contributed by atoms with Gasteiger partial charge < -0.3 is 9.88 Å². The molecule has 6 nitrogen and oxygen atoms in total. The summed E-state index contributed by atoms with van der Waals surface area (Å²) in [6.45, 7) is 8.40. The normalized spacial score (nSPS) is 12.2. The summed E-state index contributed by atoms with van der Waals surface area (Å²) < 4.78 is 26.5. The van der Waals surface area contributed by atoms with Crippen LogP contribution in [0.15, 0.2) is 9.00 Å². The van der Waals surface area contributed by atoms with Gasteiger partial charge in [-0.3, -0.25) is 4.79 Å². The average molecular weight is 293 g/mol. The molecule has 18 heavy (non-hydrogen) atoms. The highest BCUT2D eigenvalue weighted by Crippen LogP contribution is 2.14. The molecule has 0 saturated carbocycles. The molecule has 0 fully saturated rings. The van der Waals surface area contributed by atoms with Gasteiger partial charge >= 0.3 is 4.87 Å². The van der Waals surface area contributed by atoms with Gasteiger partial charge in [0.15, 0.2) is 4.21 Å². The number of nitrogens with zero attached hydrogens (tertiary/aromatic N) is 1. The lowest BCUT2D eigenvalue weighted by atomic mass is 10.5. The monoisotopic (exact) mass is 293 g/mol. The summed E-state index contributed by atoms with van der Waals surface area (Å²) in [6, 6.07) is 0. The summed E-state index contributed by atoms with van der Waals surface area (Å²) in [5.41, 5.74) is 0.389. The Morgan fingerprint density at radius 2 is 1.94 bits per heavy atom. The Bertz CT molecular complexity index is 529. The Morgan fingerprint density at radius 3 is 2.39 bits per heavy atom. The summed E-state index contributed by atoms with van der Waals surface area (Å²) >= 11 is 0.716. The van der Waals surface area contributed by atoms with Gasteiger partial charge in [-0.1, -0.05) is 25.2 Å². The lowest BCUT2D eigenvalue weighted by Gasteiger charge is -2.17. The molecule has 0 saturated heterocycles. The fourth-order valence-electron chi connectivity index (χ4n) is 1.59. The third kappa shape index (κ3) is 3.91. The number of rotatable bonds is 7. The fourth-order valence-corrected chi connectivity index (χ4v) is 3.95. The van der Waals surface area contributed by atoms with Crippen LogP contribution in [0.5, 0.6) is 0 Å². The van der Waals surface area contributed by atoms with E-state index in [4.69, 9.17) is 0 Å². The van der Waals surface area contributed by atoms with Crippen molar-refractivity contribution in [3.05, 3.63) is 15.4 Å². The second-order valence-electron chi connectivity index (χ2n) is 3.85. The molecular weight excluding hydrogens is 274 g/mol. The SMILES string of the molecule is CCN(CC)CCNS(=O)(=O)c1sc(=O)[nH]c1C. The molecular formula is C10H19N3O3S2. The number of thiazole rings is 1. The summed E-state index contributed by atoms with van der Waals surface area (Å²) in [5, 5.41) is 0. The lowest BCUT2D eigenvalue weighted by Crippen LogP contribution is -2.34. The maximum atomic E-state index is 11.9. The summed E-state index contributed by atoms with van der Waals surface area (Å²) in [7, 11) is -3.57. The van der Waals surface area contributed by atoms with E-state index in [9.17, 15) is 13.2 Å². The number of sulfonamides is 1. The first-order valence-electron chi connectivity index (χ1n) is 5.82. The minimum Gasteiger partial charge on any atom is -0.315 e. The van der Waals surface area contributed by atoms with Crippen LogP contribution in [0.1, 0.15) is 19.5 Å². The van der Waals surface area contributed by atoms with Gasteiger partial charge in [-0.25, -0.2) is 13.1 Å². The third-order valence-electron chi connectivity index (χ3n) is 2.64. The van der Waals surface area contributed by atoms with Crippen molar-refractivity contribution in [1.29, 1.82) is 0 Å². The number of aryl methyl sites for hydroxylation is 1. The predicted molar refractivity (Wildman–Crippen MR) is 72.7 cm³/mol. The zero-order valence-electron chi connectivity index (χ0n) is 10.8. The Balaban J connectivity index is 2.66. The van der Waals surface area contributed by atoms with E-state index in [1.165, 1.54) is 0 Å². The van der Waals surface area contributed by atoms with Crippen LogP contribution in [0.2, 0.25) is 0 Å². The summed E-state index contributed by atoms with van der Waals surface area (Å²) in [6.07, 6.45) is 0. The number of H-pyrrole nitrogens is 1. The van der Waals surface area contributed by atoms with Crippen LogP contribution in [0.4, 0.5) is 0 Å². The van der Waals surface area contributed by atoms with E-state index >= 15 is 0 Å². The predicted octanol–water partition coefficient (Wildman–Crippen LogP) is 0.365. The van der Waals surface area contributed by atoms with Crippen molar-refractivity contribution in [2.45, 2.75) is 25.0 Å². The van der Waals surface area contributed by atoms with Crippen LogP contribution in [0.3, 0.4) is 0 Å². The molecule has 0 aliphatic heterocycles. The number of hydrogen-bond acceptors (Lipinski definition) is 5. The van der Waals surface area contributed by atoms with Crippen LogP contribution in [-0.4, -0.2) is 44.5 Å². The standard InChI is InChI=1S/C10H19N3O3S2/c1-4-13(5-2)7-6-11-18(15,16)9-8(3)12-10(14)17-9/h11H,4-7H2,1-3H3,(H,12,14). The third-order valence-corrected chi connectivity index (χ3v) is 5.71. The molecule has 0 bridgehead atoms. The lowest BCUT2D eigenvalue weighted by molar-refractivity contribution is 0.309. The highest BCUT2D eigenvalue weighted by atomic mass is 32.2. The molecule has 0 unspecified atom stereocenters. The van der Waals surface area contributed by atoms with Gasteiger partial charge in [0.25, 0.3) is 10.0 Å². The minimum absolute atomic E-state index is 0.0760. The van der Waals surface area contributed by atoms with Gasteiger partial charge in [0.1, 0.15) is 0 Å². The van der Waals surface area contributed by atoms with E-state index < -0.39 is 10.0 Å². The van der Waals surface area contributed by atoms with E-state index in [2.05, 4.69) is 14.6 Å². The first-order valence-corrected chi connectivity index (χ1v) is 8.12. The molecule has 1 aromatic rings. The Labute approximate surface area is 111 Å². The average Bonchev–Trinajstić information content (AvgIpc) is 2.65. The maximum absolute atomic E-state index is 11.9. The number of likely N-dealkylation sites (N-methyl/N-ethyl adjacent to an activating group) is 1. The number of nitrogens with one attached hydrogen (secondary N) is 2. The Kier molecular flexibility index (Phi) is 5.51. The number of hydrogen-bond donors (Lipinski definition) is 2. The fraction of sp³-hybridized carbons (Fsp3) is 0.700. The Hall–Kier alpha value is -0.700. The highest BCUT2D eigenvalue weighted by Gasteiger charge is 2.19. The molecule has 8 heteroatoms. The molecule has 1 rings (SSSR count). The molecule has 2 N–H and O–H groups in total. The molecule has 104 valence electrons. The quantitative estimate of drug-likeness (QED) is 0.761. The van der Waals surface area contributed by atoms with Gasteiger partial charge in [0, 0.05) is 18.8 Å². The second-order valence-corrected chi connectivity index (χ2v) is 6.80. The van der Waals surface area contributed by atoms with E-state index in [1.54, 1.807) is 6.92 Å². The van der Waals surface area contributed by atoms with E-state index in [-0.39, 0.29) is 9.08 Å². The molecule has 1 heterocycles. The molecule has 0 aliphatic rings. The van der Waals surface area contributed by atoms with Crippen molar-refractivity contribution in [1.82, 2.24) is 14.6 Å². The van der Waals surface area contributed by atoms with Crippen LogP contribution >= 0.6 is 11.3 Å². The largest absolute Gasteiger partial charge is 0.315 e. The van der Waals surface area contributed by atoms with Gasteiger partial charge in [0.2, 0.25) is 0 Å². The summed E-state index contributed by atoms with van der Waals surface area (Å²) in [5.74, 6) is 0. The number of aromatic nitrogens is 1. The molecule has 0 atom stereocenters. The van der Waals surface area contributed by atoms with Crippen LogP contribution in [0, 0.1) is 6.92 Å². The van der Waals surface area contributed by atoms with Crippen molar-refractivity contribution < 1.29 is 8.42 Å². The van der Waals surface area contributed by atoms with Crippen LogP contribution in [0.25, 0.3) is 0 Å². The van der Waals surface area contributed by atoms with Crippen LogP contribution < -0.4 is 9.60 Å². The maximum Gasteiger partial charge on any atom is 0.305 e. The highest BCUT2D eigenvalue weighted by molar-refractivity contribution is 7.91. The van der Waals surface area contributed by atoms with Crippen molar-refractivity contribution in [3.63, 3.8) is 0 Å². The van der Waals surface area contributed by atoms with Gasteiger partial charge in [-0.05, 0) is 20.0 Å². The van der Waals surface area contributed by atoms with Crippen molar-refractivity contribution in [3.8, 4) is 0 Å². The number of aromatic amines is 1. The molecule has 0 spiro atoms. The van der Waals surface area contributed by atoms with Gasteiger partial charge in [0.05, 0.1) is 0 Å². The molecule has 0 radical (unpaired) electrons. The molecule has 1 aromatic heterocycles. The van der Waals surface area contributed by atoms with E-state index in [0.29, 0.717) is 30.1 Å². The van der Waals surface area contributed by atoms with Crippen molar-refractivity contribution in [2.24, 2.45) is 0 Å². The van der Waals surface area contributed by atoms with Crippen LogP contribution in [-0.2, 0) is 10.0 Å².